The average molecular weight is 626 g/mol. The van der Waals surface area contributed by atoms with E-state index in [2.05, 4.69) is 38.2 Å². The third kappa shape index (κ3) is 6.78. The van der Waals surface area contributed by atoms with Gasteiger partial charge >= 0.3 is 12.2 Å². The molecule has 2 aromatic carbocycles. The summed E-state index contributed by atoms with van der Waals surface area (Å²) in [7, 11) is 0. The van der Waals surface area contributed by atoms with E-state index in [1.807, 2.05) is 6.07 Å². The van der Waals surface area contributed by atoms with E-state index in [0.29, 0.717) is 18.9 Å². The Morgan fingerprint density at radius 1 is 1.00 bits per heavy atom. The molecular formula is C27H27F4IN4O. The van der Waals surface area contributed by atoms with Crippen molar-refractivity contribution < 1.29 is 22.4 Å². The highest BCUT2D eigenvalue weighted by atomic mass is 127. The number of urea groups is 1. The highest BCUT2D eigenvalue weighted by Gasteiger charge is 2.41. The van der Waals surface area contributed by atoms with Crippen molar-refractivity contribution in [3.63, 3.8) is 0 Å². The normalized spacial score (nSPS) is 19.6. The molecule has 5 nitrogen and oxygen atoms in total. The molecule has 1 fully saturated rings. The molecule has 4 rings (SSSR count). The smallest absolute Gasteiger partial charge is 0.335 e. The van der Waals surface area contributed by atoms with Gasteiger partial charge in [-0.05, 0) is 89.7 Å². The zero-order chi connectivity index (χ0) is 26.6. The van der Waals surface area contributed by atoms with Gasteiger partial charge in [-0.2, -0.15) is 13.2 Å². The summed E-state index contributed by atoms with van der Waals surface area (Å²) in [6.07, 6.45) is -0.263. The third-order valence-corrected chi connectivity index (χ3v) is 7.27. The van der Waals surface area contributed by atoms with Gasteiger partial charge in [0.1, 0.15) is 11.4 Å². The Morgan fingerprint density at radius 2 is 1.68 bits per heavy atom. The summed E-state index contributed by atoms with van der Waals surface area (Å²) >= 11 is 2.07. The van der Waals surface area contributed by atoms with Gasteiger partial charge in [0.15, 0.2) is 0 Å². The Balaban J connectivity index is 1.84. The molecule has 37 heavy (non-hydrogen) atoms. The van der Waals surface area contributed by atoms with Crippen molar-refractivity contribution in [1.82, 2.24) is 15.6 Å². The Bertz CT molecular complexity index is 1220. The van der Waals surface area contributed by atoms with Crippen LogP contribution in [0.1, 0.15) is 48.1 Å². The molecule has 10 heteroatoms. The summed E-state index contributed by atoms with van der Waals surface area (Å²) < 4.78 is 56.7. The van der Waals surface area contributed by atoms with Gasteiger partial charge in [0.2, 0.25) is 0 Å². The molecule has 1 saturated carbocycles. The van der Waals surface area contributed by atoms with Crippen molar-refractivity contribution >= 4 is 28.6 Å². The van der Waals surface area contributed by atoms with Gasteiger partial charge in [-0.15, -0.1) is 0 Å². The molecule has 1 aliphatic rings. The standard InChI is InChI=1S/C27H27F4IN4O/c28-20-13-18(12-19(14-20)27(29,30)31)26(15-17-4-2-1-3-5-17,24-11-6-21(32)16-34-24)36-25(37)35-23-9-7-22(33)8-10-23/h1-6,11-14,16,22-23H,7-10,15,33H2,(H2,35,36,37)/t22?,23?,26-/m0/s1. The van der Waals surface area contributed by atoms with Crippen molar-refractivity contribution in [1.29, 1.82) is 0 Å². The van der Waals surface area contributed by atoms with Crippen LogP contribution in [0, 0.1) is 9.39 Å². The van der Waals surface area contributed by atoms with Crippen LogP contribution in [0.5, 0.6) is 0 Å². The Hall–Kier alpha value is -2.73. The van der Waals surface area contributed by atoms with Crippen LogP contribution in [0.4, 0.5) is 22.4 Å². The van der Waals surface area contributed by atoms with Crippen LogP contribution >= 0.6 is 22.6 Å². The number of carbonyl (C=O) groups is 1. The summed E-state index contributed by atoms with van der Waals surface area (Å²) in [5.41, 5.74) is 4.20. The van der Waals surface area contributed by atoms with Crippen molar-refractivity contribution in [2.45, 2.75) is 55.9 Å². The van der Waals surface area contributed by atoms with E-state index in [0.717, 1.165) is 34.1 Å². The lowest BCUT2D eigenvalue weighted by Crippen LogP contribution is -2.55. The molecule has 0 spiro atoms. The van der Waals surface area contributed by atoms with Gasteiger partial charge in [0, 0.05) is 28.3 Å². The third-order valence-electron chi connectivity index (χ3n) is 6.63. The lowest BCUT2D eigenvalue weighted by molar-refractivity contribution is -0.137. The Kier molecular flexibility index (Phi) is 8.37. The first-order valence-corrected chi connectivity index (χ1v) is 13.0. The zero-order valence-corrected chi connectivity index (χ0v) is 22.0. The molecule has 1 aliphatic carbocycles. The van der Waals surface area contributed by atoms with Gasteiger partial charge in [-0.1, -0.05) is 30.3 Å². The minimum absolute atomic E-state index is 0.0468. The number of nitrogens with one attached hydrogen (secondary N) is 2. The fraction of sp³-hybridized carbons (Fsp3) is 0.333. The van der Waals surface area contributed by atoms with E-state index < -0.39 is 29.1 Å². The van der Waals surface area contributed by atoms with Crippen LogP contribution in [0.25, 0.3) is 0 Å². The molecule has 0 radical (unpaired) electrons. The van der Waals surface area contributed by atoms with Gasteiger partial charge in [0.25, 0.3) is 0 Å². The second kappa shape index (κ2) is 11.3. The zero-order valence-electron chi connectivity index (χ0n) is 19.9. The number of nitrogens with zero attached hydrogens (tertiary/aromatic N) is 1. The fourth-order valence-electron chi connectivity index (χ4n) is 4.73. The number of carbonyl (C=O) groups excluding carboxylic acids is 1. The van der Waals surface area contributed by atoms with E-state index >= 15 is 0 Å². The summed E-state index contributed by atoms with van der Waals surface area (Å²) in [6.45, 7) is 0. The number of amides is 2. The molecule has 1 heterocycles. The minimum atomic E-state index is -4.78. The highest BCUT2D eigenvalue weighted by molar-refractivity contribution is 14.1. The molecule has 2 amide bonds. The Labute approximate surface area is 226 Å². The van der Waals surface area contributed by atoms with Crippen molar-refractivity contribution in [3.8, 4) is 0 Å². The maximum absolute atomic E-state index is 14.7. The first kappa shape index (κ1) is 27.3. The van der Waals surface area contributed by atoms with E-state index in [1.165, 1.54) is 0 Å². The topological polar surface area (TPSA) is 80.0 Å². The number of aromatic nitrogens is 1. The van der Waals surface area contributed by atoms with Crippen LogP contribution in [-0.2, 0) is 18.1 Å². The maximum atomic E-state index is 14.7. The molecule has 0 aliphatic heterocycles. The second-order valence-corrected chi connectivity index (χ2v) is 10.6. The molecule has 0 bridgehead atoms. The number of halogens is 5. The molecule has 196 valence electrons. The number of alkyl halides is 3. The summed E-state index contributed by atoms with van der Waals surface area (Å²) in [5, 5.41) is 5.86. The Morgan fingerprint density at radius 3 is 2.30 bits per heavy atom. The van der Waals surface area contributed by atoms with E-state index in [9.17, 15) is 22.4 Å². The number of rotatable bonds is 6. The van der Waals surface area contributed by atoms with E-state index in [1.54, 1.807) is 42.6 Å². The number of pyridine rings is 1. The van der Waals surface area contributed by atoms with Crippen LogP contribution in [0.15, 0.2) is 66.9 Å². The quantitative estimate of drug-likeness (QED) is 0.236. The maximum Gasteiger partial charge on any atom is 0.416 e. The number of benzene rings is 2. The van der Waals surface area contributed by atoms with Gasteiger partial charge in [-0.3, -0.25) is 4.98 Å². The van der Waals surface area contributed by atoms with Crippen LogP contribution in [0.2, 0.25) is 0 Å². The highest BCUT2D eigenvalue weighted by Crippen LogP contribution is 2.37. The predicted molar refractivity (Wildman–Crippen MR) is 141 cm³/mol. The van der Waals surface area contributed by atoms with E-state index in [4.69, 9.17) is 5.73 Å². The van der Waals surface area contributed by atoms with Crippen molar-refractivity contribution in [2.24, 2.45) is 5.73 Å². The van der Waals surface area contributed by atoms with Gasteiger partial charge < -0.3 is 16.4 Å². The summed E-state index contributed by atoms with van der Waals surface area (Å²) in [5.74, 6) is -1.06. The summed E-state index contributed by atoms with van der Waals surface area (Å²) in [4.78, 5) is 17.9. The van der Waals surface area contributed by atoms with E-state index in [-0.39, 0.29) is 29.8 Å². The first-order chi connectivity index (χ1) is 17.5. The lowest BCUT2D eigenvalue weighted by Gasteiger charge is -2.37. The first-order valence-electron chi connectivity index (χ1n) is 11.9. The lowest BCUT2D eigenvalue weighted by atomic mass is 9.79. The second-order valence-electron chi connectivity index (χ2n) is 9.37. The molecule has 1 atom stereocenters. The minimum Gasteiger partial charge on any atom is -0.335 e. The molecule has 3 aromatic rings. The van der Waals surface area contributed by atoms with Crippen LogP contribution in [-0.4, -0.2) is 23.1 Å². The molecule has 4 N–H and O–H groups in total. The van der Waals surface area contributed by atoms with Gasteiger partial charge in [-0.25, -0.2) is 9.18 Å². The van der Waals surface area contributed by atoms with Crippen molar-refractivity contribution in [3.05, 3.63) is 98.6 Å². The number of hydrogen-bond donors (Lipinski definition) is 3. The average Bonchev–Trinajstić information content (AvgIpc) is 2.85. The fourth-order valence-corrected chi connectivity index (χ4v) is 5.05. The molecule has 0 unspecified atom stereocenters. The predicted octanol–water partition coefficient (Wildman–Crippen LogP) is 5.90. The monoisotopic (exact) mass is 626 g/mol. The number of hydrogen-bond acceptors (Lipinski definition) is 3. The largest absolute Gasteiger partial charge is 0.416 e. The van der Waals surface area contributed by atoms with Crippen LogP contribution < -0.4 is 16.4 Å². The van der Waals surface area contributed by atoms with Crippen LogP contribution in [0.3, 0.4) is 0 Å². The van der Waals surface area contributed by atoms with Gasteiger partial charge in [0.05, 0.1) is 11.3 Å². The number of nitrogens with two attached hydrogens (primary N) is 1. The molecular weight excluding hydrogens is 599 g/mol. The van der Waals surface area contributed by atoms with Crippen molar-refractivity contribution in [2.75, 3.05) is 0 Å². The SMILES string of the molecule is NC1CCC(NC(=O)N[C@@](Cc2ccccc2)(c2cc(F)cc(C(F)(F)F)c2)c2ccc(I)cn2)CC1. The molecule has 0 saturated heterocycles. The molecule has 1 aromatic heterocycles. The summed E-state index contributed by atoms with van der Waals surface area (Å²) in [6, 6.07) is 14.1.